The van der Waals surface area contributed by atoms with Gasteiger partial charge in [-0.2, -0.15) is 8.78 Å². The van der Waals surface area contributed by atoms with Gasteiger partial charge in [-0.05, 0) is 30.7 Å². The van der Waals surface area contributed by atoms with E-state index in [-0.39, 0.29) is 16.5 Å². The van der Waals surface area contributed by atoms with Crippen molar-refractivity contribution in [1.82, 2.24) is 5.32 Å². The second-order valence-electron chi connectivity index (χ2n) is 4.39. The fourth-order valence-electron chi connectivity index (χ4n) is 1.66. The van der Waals surface area contributed by atoms with Crippen LogP contribution < -0.4 is 10.1 Å². The third kappa shape index (κ3) is 5.52. The zero-order chi connectivity index (χ0) is 14.4. The smallest absolute Gasteiger partial charge is 0.387 e. The summed E-state index contributed by atoms with van der Waals surface area (Å²) in [5.74, 6) is -0.452. The first-order valence-corrected chi connectivity index (χ1v) is 6.76. The normalized spacial score (nSPS) is 14.2. The molecule has 4 nitrogen and oxygen atoms in total. The minimum absolute atomic E-state index is 0.100. The zero-order valence-corrected chi connectivity index (χ0v) is 11.5. The largest absolute Gasteiger partial charge is 0.433 e. The molecule has 2 atom stereocenters. The number of halogens is 2. The quantitative estimate of drug-likeness (QED) is 0.812. The van der Waals surface area contributed by atoms with Crippen molar-refractivity contribution in [3.8, 4) is 5.75 Å². The average molecular weight is 293 g/mol. The van der Waals surface area contributed by atoms with Gasteiger partial charge < -0.3 is 15.2 Å². The van der Waals surface area contributed by atoms with Gasteiger partial charge >= 0.3 is 6.61 Å². The molecule has 0 saturated carbocycles. The van der Waals surface area contributed by atoms with Gasteiger partial charge in [0.05, 0.1) is 6.10 Å². The van der Waals surface area contributed by atoms with Crippen molar-refractivity contribution >= 4 is 17.2 Å². The number of hydrogen-bond acceptors (Lipinski definition) is 4. The Morgan fingerprint density at radius 1 is 1.53 bits per heavy atom. The van der Waals surface area contributed by atoms with E-state index in [9.17, 15) is 18.7 Å². The highest BCUT2D eigenvalue weighted by molar-refractivity contribution is 7.12. The van der Waals surface area contributed by atoms with Crippen LogP contribution >= 0.6 is 11.3 Å². The van der Waals surface area contributed by atoms with E-state index in [1.807, 2.05) is 6.92 Å². The SMILES string of the molecule is CC(O)CC(C)CNC(=O)c1sccc1OC(F)F. The zero-order valence-electron chi connectivity index (χ0n) is 10.7. The number of aliphatic hydroxyl groups excluding tert-OH is 1. The first kappa shape index (κ1) is 15.8. The molecular weight excluding hydrogens is 276 g/mol. The number of rotatable bonds is 7. The van der Waals surface area contributed by atoms with Crippen LogP contribution in [0.25, 0.3) is 0 Å². The Balaban J connectivity index is 2.52. The van der Waals surface area contributed by atoms with Gasteiger partial charge in [0.1, 0.15) is 10.6 Å². The van der Waals surface area contributed by atoms with Crippen molar-refractivity contribution in [2.75, 3.05) is 6.54 Å². The lowest BCUT2D eigenvalue weighted by Gasteiger charge is -2.14. The number of carbonyl (C=O) groups excluding carboxylic acids is 1. The van der Waals surface area contributed by atoms with E-state index in [4.69, 9.17) is 0 Å². The second-order valence-corrected chi connectivity index (χ2v) is 5.31. The van der Waals surface area contributed by atoms with E-state index in [0.717, 1.165) is 11.3 Å². The molecular formula is C12H17F2NO3S. The number of carbonyl (C=O) groups is 1. The molecule has 0 saturated heterocycles. The maximum Gasteiger partial charge on any atom is 0.387 e. The Kier molecular flexibility index (Phi) is 6.17. The van der Waals surface area contributed by atoms with Crippen molar-refractivity contribution < 1.29 is 23.4 Å². The average Bonchev–Trinajstić information content (AvgIpc) is 2.72. The van der Waals surface area contributed by atoms with Gasteiger partial charge in [-0.25, -0.2) is 0 Å². The highest BCUT2D eigenvalue weighted by Gasteiger charge is 2.18. The number of alkyl halides is 2. The van der Waals surface area contributed by atoms with Crippen LogP contribution in [0.5, 0.6) is 5.75 Å². The number of thiophene rings is 1. The minimum atomic E-state index is -2.95. The van der Waals surface area contributed by atoms with Crippen molar-refractivity contribution in [3.63, 3.8) is 0 Å². The third-order valence-corrected chi connectivity index (χ3v) is 3.30. The number of amides is 1. The molecule has 0 aliphatic rings. The van der Waals surface area contributed by atoms with Gasteiger partial charge in [0.25, 0.3) is 5.91 Å². The molecule has 1 aromatic rings. The van der Waals surface area contributed by atoms with Crippen molar-refractivity contribution in [3.05, 3.63) is 16.3 Å². The van der Waals surface area contributed by atoms with Gasteiger partial charge in [-0.15, -0.1) is 11.3 Å². The third-order valence-electron chi connectivity index (χ3n) is 2.41. The lowest BCUT2D eigenvalue weighted by atomic mass is 10.0. The predicted octanol–water partition coefficient (Wildman–Crippen LogP) is 2.49. The highest BCUT2D eigenvalue weighted by Crippen LogP contribution is 2.26. The van der Waals surface area contributed by atoms with Crippen LogP contribution in [0.2, 0.25) is 0 Å². The molecule has 1 heterocycles. The molecule has 108 valence electrons. The lowest BCUT2D eigenvalue weighted by molar-refractivity contribution is -0.0498. The molecule has 0 spiro atoms. The molecule has 0 aromatic carbocycles. The molecule has 1 aromatic heterocycles. The van der Waals surface area contributed by atoms with Crippen molar-refractivity contribution in [2.24, 2.45) is 5.92 Å². The van der Waals surface area contributed by atoms with Crippen LogP contribution in [0.3, 0.4) is 0 Å². The van der Waals surface area contributed by atoms with E-state index in [1.54, 1.807) is 6.92 Å². The molecule has 0 aliphatic carbocycles. The summed E-state index contributed by atoms with van der Waals surface area (Å²) in [6, 6.07) is 1.34. The molecule has 0 fully saturated rings. The molecule has 19 heavy (non-hydrogen) atoms. The monoisotopic (exact) mass is 293 g/mol. The summed E-state index contributed by atoms with van der Waals surface area (Å²) in [7, 11) is 0. The van der Waals surface area contributed by atoms with E-state index in [2.05, 4.69) is 10.1 Å². The van der Waals surface area contributed by atoms with Crippen molar-refractivity contribution in [2.45, 2.75) is 33.0 Å². The molecule has 0 bridgehead atoms. The van der Waals surface area contributed by atoms with Gasteiger partial charge in [-0.3, -0.25) is 4.79 Å². The fraction of sp³-hybridized carbons (Fsp3) is 0.583. The standard InChI is InChI=1S/C12H17F2NO3S/c1-7(5-8(2)16)6-15-11(17)10-9(3-4-19-10)18-12(13)14/h3-4,7-8,12,16H,5-6H2,1-2H3,(H,15,17). The predicted molar refractivity (Wildman–Crippen MR) is 68.7 cm³/mol. The molecule has 0 aliphatic heterocycles. The number of nitrogens with one attached hydrogen (secondary N) is 1. The van der Waals surface area contributed by atoms with Gasteiger partial charge in [0, 0.05) is 6.54 Å². The Labute approximate surface area is 114 Å². The van der Waals surface area contributed by atoms with Crippen LogP contribution in [-0.4, -0.2) is 30.3 Å². The molecule has 2 N–H and O–H groups in total. The fourth-order valence-corrected chi connectivity index (χ4v) is 2.40. The number of hydrogen-bond donors (Lipinski definition) is 2. The Bertz CT molecular complexity index is 409. The summed E-state index contributed by atoms with van der Waals surface area (Å²) in [6.07, 6.45) is 0.122. The summed E-state index contributed by atoms with van der Waals surface area (Å²) in [4.78, 5) is 11.9. The molecule has 1 rings (SSSR count). The van der Waals surface area contributed by atoms with E-state index in [0.29, 0.717) is 13.0 Å². The first-order chi connectivity index (χ1) is 8.90. The maximum absolute atomic E-state index is 12.1. The lowest BCUT2D eigenvalue weighted by Crippen LogP contribution is -2.29. The summed E-state index contributed by atoms with van der Waals surface area (Å²) in [5, 5.41) is 13.4. The van der Waals surface area contributed by atoms with Crippen LogP contribution in [0.15, 0.2) is 11.4 Å². The number of aliphatic hydroxyl groups is 1. The Morgan fingerprint density at radius 2 is 2.21 bits per heavy atom. The molecule has 1 amide bonds. The summed E-state index contributed by atoms with van der Waals surface area (Å²) >= 11 is 1.05. The number of ether oxygens (including phenoxy) is 1. The van der Waals surface area contributed by atoms with Gasteiger partial charge in [0.15, 0.2) is 0 Å². The van der Waals surface area contributed by atoms with E-state index >= 15 is 0 Å². The highest BCUT2D eigenvalue weighted by atomic mass is 32.1. The second kappa shape index (κ2) is 7.40. The van der Waals surface area contributed by atoms with E-state index < -0.39 is 18.6 Å². The van der Waals surface area contributed by atoms with Crippen LogP contribution in [0.1, 0.15) is 29.9 Å². The Morgan fingerprint density at radius 3 is 2.79 bits per heavy atom. The van der Waals surface area contributed by atoms with Crippen molar-refractivity contribution in [1.29, 1.82) is 0 Å². The van der Waals surface area contributed by atoms with Crippen LogP contribution in [0.4, 0.5) is 8.78 Å². The summed E-state index contributed by atoms with van der Waals surface area (Å²) in [6.45, 7) is 0.982. The van der Waals surface area contributed by atoms with Crippen LogP contribution in [0, 0.1) is 5.92 Å². The van der Waals surface area contributed by atoms with Gasteiger partial charge in [0.2, 0.25) is 0 Å². The van der Waals surface area contributed by atoms with E-state index in [1.165, 1.54) is 11.4 Å². The topological polar surface area (TPSA) is 58.6 Å². The Hall–Kier alpha value is -1.21. The summed E-state index contributed by atoms with van der Waals surface area (Å²) in [5.41, 5.74) is 0. The van der Waals surface area contributed by atoms with Gasteiger partial charge in [-0.1, -0.05) is 6.92 Å². The first-order valence-electron chi connectivity index (χ1n) is 5.88. The molecule has 2 unspecified atom stereocenters. The molecule has 7 heteroatoms. The van der Waals surface area contributed by atoms with Crippen LogP contribution in [-0.2, 0) is 0 Å². The minimum Gasteiger partial charge on any atom is -0.433 e. The maximum atomic E-state index is 12.1. The summed E-state index contributed by atoms with van der Waals surface area (Å²) < 4.78 is 28.5. The molecule has 0 radical (unpaired) electrons.